The summed E-state index contributed by atoms with van der Waals surface area (Å²) in [4.78, 5) is 13.9. The summed E-state index contributed by atoms with van der Waals surface area (Å²) in [6.07, 6.45) is 5.61. The first-order valence-corrected chi connectivity index (χ1v) is 6.82. The predicted octanol–water partition coefficient (Wildman–Crippen LogP) is 3.36. The van der Waals surface area contributed by atoms with Crippen molar-refractivity contribution < 1.29 is 9.53 Å². The highest BCUT2D eigenvalue weighted by atomic mass is 16.5. The molecule has 0 aromatic heterocycles. The van der Waals surface area contributed by atoms with Gasteiger partial charge in [-0.2, -0.15) is 0 Å². The maximum absolute atomic E-state index is 12.0. The summed E-state index contributed by atoms with van der Waals surface area (Å²) >= 11 is 0. The summed E-state index contributed by atoms with van der Waals surface area (Å²) in [5.74, 6) is 0.867. The first-order valence-electron chi connectivity index (χ1n) is 6.82. The van der Waals surface area contributed by atoms with Gasteiger partial charge in [0, 0.05) is 19.2 Å². The second-order valence-corrected chi connectivity index (χ2v) is 4.38. The lowest BCUT2D eigenvalue weighted by molar-refractivity contribution is -0.125. The number of hydrogen-bond donors (Lipinski definition) is 0. The third-order valence-electron chi connectivity index (χ3n) is 2.99. The van der Waals surface area contributed by atoms with Crippen molar-refractivity contribution in [3.8, 4) is 5.75 Å². The van der Waals surface area contributed by atoms with Crippen molar-refractivity contribution in [2.75, 3.05) is 20.2 Å². The number of ether oxygens (including phenoxy) is 1. The van der Waals surface area contributed by atoms with Crippen molar-refractivity contribution in [1.82, 2.24) is 4.90 Å². The number of methoxy groups -OCH3 is 1. The zero-order valence-electron chi connectivity index (χ0n) is 12.1. The van der Waals surface area contributed by atoms with E-state index in [0.29, 0.717) is 0 Å². The summed E-state index contributed by atoms with van der Waals surface area (Å²) in [6, 6.07) is 7.66. The van der Waals surface area contributed by atoms with E-state index >= 15 is 0 Å². The van der Waals surface area contributed by atoms with Crippen LogP contribution in [-0.2, 0) is 4.79 Å². The maximum atomic E-state index is 12.0. The topological polar surface area (TPSA) is 29.5 Å². The van der Waals surface area contributed by atoms with Crippen LogP contribution in [0.25, 0.3) is 6.08 Å². The van der Waals surface area contributed by atoms with Gasteiger partial charge in [0.15, 0.2) is 0 Å². The van der Waals surface area contributed by atoms with E-state index in [0.717, 1.165) is 37.2 Å². The monoisotopic (exact) mass is 261 g/mol. The van der Waals surface area contributed by atoms with Crippen LogP contribution in [0.1, 0.15) is 32.3 Å². The molecule has 1 aromatic rings. The van der Waals surface area contributed by atoms with Gasteiger partial charge in [0.1, 0.15) is 5.75 Å². The van der Waals surface area contributed by atoms with Gasteiger partial charge in [0.2, 0.25) is 5.91 Å². The molecule has 0 radical (unpaired) electrons. The number of hydrogen-bond acceptors (Lipinski definition) is 2. The van der Waals surface area contributed by atoms with E-state index in [9.17, 15) is 4.79 Å². The summed E-state index contributed by atoms with van der Waals surface area (Å²) in [5, 5.41) is 0. The van der Waals surface area contributed by atoms with Crippen molar-refractivity contribution in [3.63, 3.8) is 0 Å². The lowest BCUT2D eigenvalue weighted by Crippen LogP contribution is -2.30. The minimum absolute atomic E-state index is 0.0683. The smallest absolute Gasteiger partial charge is 0.246 e. The molecule has 1 aromatic carbocycles. The molecule has 0 aliphatic heterocycles. The van der Waals surface area contributed by atoms with Gasteiger partial charge in [-0.25, -0.2) is 0 Å². The fraction of sp³-hybridized carbons (Fsp3) is 0.438. The van der Waals surface area contributed by atoms with Crippen LogP contribution in [0.4, 0.5) is 0 Å². The van der Waals surface area contributed by atoms with E-state index in [2.05, 4.69) is 6.92 Å². The number of amides is 1. The molecule has 0 heterocycles. The highest BCUT2D eigenvalue weighted by Crippen LogP contribution is 2.13. The van der Waals surface area contributed by atoms with Crippen molar-refractivity contribution in [2.24, 2.45) is 0 Å². The minimum atomic E-state index is 0.0683. The molecule has 1 amide bonds. The lowest BCUT2D eigenvalue weighted by atomic mass is 10.2. The molecule has 19 heavy (non-hydrogen) atoms. The number of carbonyl (C=O) groups is 1. The molecule has 0 aliphatic carbocycles. The van der Waals surface area contributed by atoms with Crippen LogP contribution in [0, 0.1) is 0 Å². The highest BCUT2D eigenvalue weighted by molar-refractivity contribution is 5.91. The van der Waals surface area contributed by atoms with E-state index in [1.54, 1.807) is 13.2 Å². The minimum Gasteiger partial charge on any atom is -0.497 e. The molecular formula is C16H23NO2. The van der Waals surface area contributed by atoms with Crippen LogP contribution >= 0.6 is 0 Å². The Morgan fingerprint density at radius 2 is 2.16 bits per heavy atom. The summed E-state index contributed by atoms with van der Waals surface area (Å²) in [5.41, 5.74) is 0.972. The maximum Gasteiger partial charge on any atom is 0.246 e. The SMILES string of the molecule is CCCCN(CC)C(=O)/C=C/c1cccc(OC)c1. The number of nitrogens with zero attached hydrogens (tertiary/aromatic N) is 1. The molecule has 0 atom stereocenters. The fourth-order valence-electron chi connectivity index (χ4n) is 1.79. The Hall–Kier alpha value is -1.77. The Labute approximate surface area is 115 Å². The van der Waals surface area contributed by atoms with E-state index in [-0.39, 0.29) is 5.91 Å². The van der Waals surface area contributed by atoms with Crippen molar-refractivity contribution >= 4 is 12.0 Å². The molecule has 0 fully saturated rings. The zero-order chi connectivity index (χ0) is 14.1. The lowest BCUT2D eigenvalue weighted by Gasteiger charge is -2.18. The van der Waals surface area contributed by atoms with E-state index in [1.807, 2.05) is 42.2 Å². The van der Waals surface area contributed by atoms with Gasteiger partial charge < -0.3 is 9.64 Å². The molecule has 104 valence electrons. The van der Waals surface area contributed by atoms with Crippen molar-refractivity contribution in [3.05, 3.63) is 35.9 Å². The Balaban J connectivity index is 2.65. The number of unbranched alkanes of at least 4 members (excludes halogenated alkanes) is 1. The molecule has 0 saturated carbocycles. The fourth-order valence-corrected chi connectivity index (χ4v) is 1.79. The predicted molar refractivity (Wildman–Crippen MR) is 79.2 cm³/mol. The standard InChI is InChI=1S/C16H23NO2/c1-4-6-12-17(5-2)16(18)11-10-14-8-7-9-15(13-14)19-3/h7-11,13H,4-6,12H2,1-3H3/b11-10+. The van der Waals surface area contributed by atoms with Crippen molar-refractivity contribution in [2.45, 2.75) is 26.7 Å². The summed E-state index contributed by atoms with van der Waals surface area (Å²) in [7, 11) is 1.64. The zero-order valence-corrected chi connectivity index (χ0v) is 12.1. The van der Waals surface area contributed by atoms with Crippen LogP contribution < -0.4 is 4.74 Å². The third kappa shape index (κ3) is 5.16. The van der Waals surface area contributed by atoms with Gasteiger partial charge in [-0.05, 0) is 37.1 Å². The second kappa shape index (κ2) is 8.35. The molecule has 0 aliphatic rings. The van der Waals surface area contributed by atoms with Crippen LogP contribution in [0.5, 0.6) is 5.75 Å². The molecule has 0 saturated heterocycles. The van der Waals surface area contributed by atoms with Gasteiger partial charge in [0.05, 0.1) is 7.11 Å². The average Bonchev–Trinajstić information content (AvgIpc) is 2.46. The average molecular weight is 261 g/mol. The Bertz CT molecular complexity index is 427. The molecule has 0 spiro atoms. The molecule has 1 rings (SSSR count). The molecule has 0 N–H and O–H groups in total. The Morgan fingerprint density at radius 3 is 2.79 bits per heavy atom. The molecule has 0 unspecified atom stereocenters. The molecule has 0 bridgehead atoms. The first-order chi connectivity index (χ1) is 9.21. The van der Waals surface area contributed by atoms with Gasteiger partial charge in [-0.15, -0.1) is 0 Å². The summed E-state index contributed by atoms with van der Waals surface area (Å²) in [6.45, 7) is 5.72. The number of rotatable bonds is 7. The normalized spacial score (nSPS) is 10.7. The largest absolute Gasteiger partial charge is 0.497 e. The van der Waals surface area contributed by atoms with E-state index in [4.69, 9.17) is 4.74 Å². The van der Waals surface area contributed by atoms with Gasteiger partial charge in [-0.3, -0.25) is 4.79 Å². The van der Waals surface area contributed by atoms with Gasteiger partial charge >= 0.3 is 0 Å². The van der Waals surface area contributed by atoms with Crippen molar-refractivity contribution in [1.29, 1.82) is 0 Å². The number of benzene rings is 1. The van der Waals surface area contributed by atoms with E-state index < -0.39 is 0 Å². The summed E-state index contributed by atoms with van der Waals surface area (Å²) < 4.78 is 5.15. The quantitative estimate of drug-likeness (QED) is 0.704. The van der Waals surface area contributed by atoms with E-state index in [1.165, 1.54) is 0 Å². The molecule has 3 nitrogen and oxygen atoms in total. The molecular weight excluding hydrogens is 238 g/mol. The Morgan fingerprint density at radius 1 is 1.37 bits per heavy atom. The number of likely N-dealkylation sites (N-methyl/N-ethyl adjacent to an activating group) is 1. The third-order valence-corrected chi connectivity index (χ3v) is 2.99. The Kier molecular flexibility index (Phi) is 6.72. The van der Waals surface area contributed by atoms with Crippen LogP contribution in [0.3, 0.4) is 0 Å². The first kappa shape index (κ1) is 15.3. The van der Waals surface area contributed by atoms with Gasteiger partial charge in [-0.1, -0.05) is 25.5 Å². The highest BCUT2D eigenvalue weighted by Gasteiger charge is 2.06. The van der Waals surface area contributed by atoms with Crippen LogP contribution in [0.2, 0.25) is 0 Å². The second-order valence-electron chi connectivity index (χ2n) is 4.38. The van der Waals surface area contributed by atoms with Crippen LogP contribution in [-0.4, -0.2) is 31.0 Å². The van der Waals surface area contributed by atoms with Crippen LogP contribution in [0.15, 0.2) is 30.3 Å². The van der Waals surface area contributed by atoms with Gasteiger partial charge in [0.25, 0.3) is 0 Å². The number of carbonyl (C=O) groups excluding carboxylic acids is 1. The molecule has 3 heteroatoms.